The summed E-state index contributed by atoms with van der Waals surface area (Å²) in [5.41, 5.74) is 0. The van der Waals surface area contributed by atoms with Crippen LogP contribution in [0.15, 0.2) is 0 Å². The zero-order valence-electron chi connectivity index (χ0n) is 3.24. The van der Waals surface area contributed by atoms with Gasteiger partial charge in [-0.25, -0.2) is 11.7 Å². The van der Waals surface area contributed by atoms with Crippen molar-refractivity contribution in [3.8, 4) is 0 Å². The van der Waals surface area contributed by atoms with E-state index in [2.05, 4.69) is 11.7 Å². The quantitative estimate of drug-likeness (QED) is 0.255. The van der Waals surface area contributed by atoms with Crippen molar-refractivity contribution in [1.29, 1.82) is 0 Å². The summed E-state index contributed by atoms with van der Waals surface area (Å²) in [4.78, 5) is 0. The minimum atomic E-state index is -4.61. The number of hydrazine groups is 2. The van der Waals surface area contributed by atoms with E-state index in [1.807, 2.05) is 0 Å². The molecule has 0 aromatic rings. The molecule has 0 aliphatic carbocycles. The highest BCUT2D eigenvalue weighted by molar-refractivity contribution is 4.33. The highest BCUT2D eigenvalue weighted by Crippen LogP contribution is 2.12. The Balaban J connectivity index is 3.54. The van der Waals surface area contributed by atoms with Gasteiger partial charge in [-0.3, -0.25) is 0 Å². The minimum absolute atomic E-state index is 0.812. The first-order chi connectivity index (χ1) is 2.94. The number of alkyl halides is 3. The Kier molecular flexibility index (Phi) is 1.57. The van der Waals surface area contributed by atoms with E-state index in [0.717, 1.165) is 0 Å². The molecule has 4 N–H and O–H groups in total. The number of nitrogens with zero attached hydrogens (tertiary/aromatic N) is 1. The standard InChI is InChI=1S/CH4F3N3/c2-1(3,4)7(5)6/h5-6H2. The van der Waals surface area contributed by atoms with Crippen LogP contribution in [0.3, 0.4) is 0 Å². The van der Waals surface area contributed by atoms with E-state index in [1.165, 1.54) is 0 Å². The Hall–Kier alpha value is -0.330. The predicted molar refractivity (Wildman–Crippen MR) is 16.3 cm³/mol. The van der Waals surface area contributed by atoms with Crippen LogP contribution < -0.4 is 11.7 Å². The first-order valence-corrected chi connectivity index (χ1v) is 1.31. The monoisotopic (exact) mass is 115 g/mol. The highest BCUT2D eigenvalue weighted by Gasteiger charge is 2.32. The topological polar surface area (TPSA) is 55.3 Å². The van der Waals surface area contributed by atoms with E-state index in [4.69, 9.17) is 0 Å². The molecule has 0 aliphatic heterocycles. The number of rotatable bonds is 0. The van der Waals surface area contributed by atoms with Crippen LogP contribution >= 0.6 is 0 Å². The second kappa shape index (κ2) is 1.65. The van der Waals surface area contributed by atoms with Gasteiger partial charge in [-0.1, -0.05) is 5.12 Å². The van der Waals surface area contributed by atoms with E-state index in [0.29, 0.717) is 0 Å². The van der Waals surface area contributed by atoms with E-state index < -0.39 is 11.4 Å². The summed E-state index contributed by atoms with van der Waals surface area (Å²) in [6.07, 6.45) is -4.61. The molecule has 0 heterocycles. The van der Waals surface area contributed by atoms with Gasteiger partial charge in [-0.15, -0.1) is 0 Å². The van der Waals surface area contributed by atoms with Crippen LogP contribution in [0, 0.1) is 0 Å². The minimum Gasteiger partial charge on any atom is -0.248 e. The van der Waals surface area contributed by atoms with Crippen molar-refractivity contribution < 1.29 is 13.2 Å². The average Bonchev–Trinajstić information content (AvgIpc) is 1.31. The largest absolute Gasteiger partial charge is 0.486 e. The molecule has 0 spiro atoms. The maximum absolute atomic E-state index is 10.9. The van der Waals surface area contributed by atoms with Crippen molar-refractivity contribution in [3.63, 3.8) is 0 Å². The summed E-state index contributed by atoms with van der Waals surface area (Å²) in [5.74, 6) is 8.11. The van der Waals surface area contributed by atoms with Crippen LogP contribution in [0.5, 0.6) is 0 Å². The van der Waals surface area contributed by atoms with Crippen LogP contribution in [0.1, 0.15) is 0 Å². The number of halogens is 3. The van der Waals surface area contributed by atoms with E-state index >= 15 is 0 Å². The smallest absolute Gasteiger partial charge is 0.248 e. The van der Waals surface area contributed by atoms with Gasteiger partial charge in [-0.05, 0) is 0 Å². The van der Waals surface area contributed by atoms with Gasteiger partial charge in [0.25, 0.3) is 0 Å². The Morgan fingerprint density at radius 2 is 1.29 bits per heavy atom. The normalized spacial score (nSPS) is 12.9. The zero-order valence-corrected chi connectivity index (χ0v) is 3.24. The molecule has 0 radical (unpaired) electrons. The molecule has 0 fully saturated rings. The maximum Gasteiger partial charge on any atom is 0.486 e. The van der Waals surface area contributed by atoms with Crippen molar-refractivity contribution in [2.75, 3.05) is 0 Å². The number of nitrogens with two attached hydrogens (primary N) is 2. The van der Waals surface area contributed by atoms with Crippen molar-refractivity contribution in [2.24, 2.45) is 11.7 Å². The van der Waals surface area contributed by atoms with Gasteiger partial charge in [0.05, 0.1) is 0 Å². The molecule has 0 aromatic heterocycles. The molecule has 0 saturated carbocycles. The van der Waals surface area contributed by atoms with Crippen molar-refractivity contribution in [2.45, 2.75) is 6.30 Å². The summed E-state index contributed by atoms with van der Waals surface area (Å²) in [7, 11) is 0. The fourth-order valence-electron chi connectivity index (χ4n) is 0. The second-order valence-corrected chi connectivity index (χ2v) is 0.875. The van der Waals surface area contributed by atoms with Crippen molar-refractivity contribution >= 4 is 0 Å². The van der Waals surface area contributed by atoms with Gasteiger partial charge >= 0.3 is 6.30 Å². The molecule has 0 unspecified atom stereocenters. The van der Waals surface area contributed by atoms with Crippen LogP contribution in [0.25, 0.3) is 0 Å². The summed E-state index contributed by atoms with van der Waals surface area (Å²) in [6, 6.07) is 0. The summed E-state index contributed by atoms with van der Waals surface area (Å²) >= 11 is 0. The lowest BCUT2D eigenvalue weighted by atomic mass is 11.2. The molecule has 6 heteroatoms. The third-order valence-electron chi connectivity index (χ3n) is 0.293. The summed E-state index contributed by atoms with van der Waals surface area (Å²) in [6.45, 7) is 0. The second-order valence-electron chi connectivity index (χ2n) is 0.875. The molecule has 0 amide bonds. The molecular formula is CH4F3N3. The van der Waals surface area contributed by atoms with Crippen LogP contribution in [0.2, 0.25) is 0 Å². The van der Waals surface area contributed by atoms with Crippen LogP contribution in [-0.2, 0) is 0 Å². The van der Waals surface area contributed by atoms with Crippen LogP contribution in [0.4, 0.5) is 13.2 Å². The lowest BCUT2D eigenvalue weighted by Gasteiger charge is -2.11. The fourth-order valence-corrected chi connectivity index (χ4v) is 0. The molecule has 0 bridgehead atoms. The van der Waals surface area contributed by atoms with Gasteiger partial charge in [-0.2, -0.15) is 13.2 Å². The van der Waals surface area contributed by atoms with Gasteiger partial charge in [0.2, 0.25) is 0 Å². The first kappa shape index (κ1) is 6.67. The van der Waals surface area contributed by atoms with E-state index in [1.54, 1.807) is 0 Å². The van der Waals surface area contributed by atoms with E-state index in [-0.39, 0.29) is 0 Å². The van der Waals surface area contributed by atoms with Gasteiger partial charge < -0.3 is 0 Å². The fraction of sp³-hybridized carbons (Fsp3) is 1.00. The molecule has 0 saturated heterocycles. The molecule has 3 nitrogen and oxygen atoms in total. The molecule has 7 heavy (non-hydrogen) atoms. The molecule has 44 valence electrons. The van der Waals surface area contributed by atoms with Crippen LogP contribution in [-0.4, -0.2) is 11.4 Å². The highest BCUT2D eigenvalue weighted by atomic mass is 19.4. The number of hydrogen-bond acceptors (Lipinski definition) is 3. The Morgan fingerprint density at radius 3 is 1.29 bits per heavy atom. The first-order valence-electron chi connectivity index (χ1n) is 1.31. The summed E-state index contributed by atoms with van der Waals surface area (Å²) < 4.78 is 32.6. The van der Waals surface area contributed by atoms with Crippen molar-refractivity contribution in [1.82, 2.24) is 5.12 Å². The molecular weight excluding hydrogens is 111 g/mol. The lowest BCUT2D eigenvalue weighted by Crippen LogP contribution is -2.48. The average molecular weight is 115 g/mol. The van der Waals surface area contributed by atoms with Gasteiger partial charge in [0, 0.05) is 0 Å². The molecule has 0 atom stereocenters. The third-order valence-corrected chi connectivity index (χ3v) is 0.293. The number of hydrogen-bond donors (Lipinski definition) is 2. The van der Waals surface area contributed by atoms with Crippen molar-refractivity contribution in [3.05, 3.63) is 0 Å². The Bertz CT molecular complexity index is 55.7. The Morgan fingerprint density at radius 1 is 1.14 bits per heavy atom. The molecule has 0 aromatic carbocycles. The summed E-state index contributed by atoms with van der Waals surface area (Å²) in [5, 5.41) is -0.812. The maximum atomic E-state index is 10.9. The third kappa shape index (κ3) is 2.38. The van der Waals surface area contributed by atoms with Gasteiger partial charge in [0.15, 0.2) is 0 Å². The SMILES string of the molecule is NN(N)C(F)(F)F. The molecule has 0 aliphatic rings. The predicted octanol–water partition coefficient (Wildman–Crippen LogP) is -0.444. The lowest BCUT2D eigenvalue weighted by molar-refractivity contribution is -0.249. The zero-order chi connectivity index (χ0) is 6.08. The Labute approximate surface area is 37.6 Å². The van der Waals surface area contributed by atoms with Gasteiger partial charge in [0.1, 0.15) is 0 Å². The van der Waals surface area contributed by atoms with E-state index in [9.17, 15) is 13.2 Å². The molecule has 0 rings (SSSR count).